The monoisotopic (exact) mass is 395 g/mol. The molecule has 1 fully saturated rings. The summed E-state index contributed by atoms with van der Waals surface area (Å²) in [6.07, 6.45) is 6.73. The Balaban J connectivity index is 1.38. The van der Waals surface area contributed by atoms with Crippen molar-refractivity contribution in [1.29, 1.82) is 0 Å². The molecule has 0 spiro atoms. The van der Waals surface area contributed by atoms with E-state index in [0.717, 1.165) is 51.6 Å². The highest BCUT2D eigenvalue weighted by Gasteiger charge is 2.24. The molecule has 4 rings (SSSR count). The van der Waals surface area contributed by atoms with E-state index in [-0.39, 0.29) is 5.78 Å². The quantitative estimate of drug-likeness (QED) is 0.711. The number of ketones is 1. The molecule has 0 radical (unpaired) electrons. The number of aromatic nitrogens is 4. The van der Waals surface area contributed by atoms with E-state index in [4.69, 9.17) is 4.98 Å². The first-order valence-electron chi connectivity index (χ1n) is 10.5. The van der Waals surface area contributed by atoms with Crippen LogP contribution in [0.1, 0.15) is 48.8 Å². The zero-order chi connectivity index (χ0) is 20.4. The van der Waals surface area contributed by atoms with E-state index in [1.807, 2.05) is 13.1 Å². The van der Waals surface area contributed by atoms with E-state index in [1.54, 1.807) is 12.4 Å². The highest BCUT2D eigenvalue weighted by molar-refractivity contribution is 5.95. The van der Waals surface area contributed by atoms with Gasteiger partial charge in [-0.15, -0.1) is 0 Å². The SMILES string of the molecule is CCC(=O)c1cnc(N2CCN(c3ncc4c(n3)CCN(C(C)C)C4)CC2)nc1. The van der Waals surface area contributed by atoms with Crippen molar-refractivity contribution in [3.8, 4) is 0 Å². The maximum atomic E-state index is 11.7. The Kier molecular flexibility index (Phi) is 5.71. The molecule has 0 N–H and O–H groups in total. The van der Waals surface area contributed by atoms with Crippen molar-refractivity contribution < 1.29 is 4.79 Å². The van der Waals surface area contributed by atoms with Gasteiger partial charge < -0.3 is 9.80 Å². The summed E-state index contributed by atoms with van der Waals surface area (Å²) in [5, 5.41) is 0. The summed E-state index contributed by atoms with van der Waals surface area (Å²) in [7, 11) is 0. The van der Waals surface area contributed by atoms with Crippen LogP contribution in [0, 0.1) is 0 Å². The predicted molar refractivity (Wildman–Crippen MR) is 112 cm³/mol. The van der Waals surface area contributed by atoms with E-state index in [2.05, 4.69) is 43.5 Å². The van der Waals surface area contributed by atoms with Gasteiger partial charge in [-0.2, -0.15) is 0 Å². The molecule has 0 aliphatic carbocycles. The highest BCUT2D eigenvalue weighted by atomic mass is 16.1. The number of carbonyl (C=O) groups excluding carboxylic acids is 1. The number of nitrogens with zero attached hydrogens (tertiary/aromatic N) is 7. The molecule has 4 heterocycles. The third kappa shape index (κ3) is 4.22. The average Bonchev–Trinajstić information content (AvgIpc) is 2.78. The number of anilines is 2. The molecule has 0 bridgehead atoms. The molecular formula is C21H29N7O. The molecule has 1 saturated heterocycles. The fourth-order valence-electron chi connectivity index (χ4n) is 3.86. The van der Waals surface area contributed by atoms with E-state index in [1.165, 1.54) is 11.3 Å². The van der Waals surface area contributed by atoms with Gasteiger partial charge in [0.2, 0.25) is 11.9 Å². The molecule has 0 aromatic carbocycles. The van der Waals surface area contributed by atoms with Gasteiger partial charge in [0.25, 0.3) is 0 Å². The molecule has 8 nitrogen and oxygen atoms in total. The lowest BCUT2D eigenvalue weighted by atomic mass is 10.1. The topological polar surface area (TPSA) is 78.4 Å². The van der Waals surface area contributed by atoms with Gasteiger partial charge in [0.05, 0.1) is 11.3 Å². The Labute approximate surface area is 172 Å². The van der Waals surface area contributed by atoms with Crippen molar-refractivity contribution in [3.05, 3.63) is 35.4 Å². The van der Waals surface area contributed by atoms with Gasteiger partial charge in [0.15, 0.2) is 5.78 Å². The zero-order valence-corrected chi connectivity index (χ0v) is 17.5. The average molecular weight is 396 g/mol. The van der Waals surface area contributed by atoms with Gasteiger partial charge in [-0.05, 0) is 13.8 Å². The van der Waals surface area contributed by atoms with E-state index in [0.29, 0.717) is 24.0 Å². The van der Waals surface area contributed by atoms with Crippen LogP contribution in [0.2, 0.25) is 0 Å². The third-order valence-electron chi connectivity index (χ3n) is 5.81. The summed E-state index contributed by atoms with van der Waals surface area (Å²) in [4.78, 5) is 36.9. The summed E-state index contributed by atoms with van der Waals surface area (Å²) in [5.74, 6) is 1.58. The number of rotatable bonds is 5. The van der Waals surface area contributed by atoms with Crippen LogP contribution in [-0.2, 0) is 13.0 Å². The molecule has 0 atom stereocenters. The molecule has 2 aromatic rings. The van der Waals surface area contributed by atoms with Gasteiger partial charge >= 0.3 is 0 Å². The minimum atomic E-state index is 0.0717. The molecule has 0 saturated carbocycles. The normalized spacial score (nSPS) is 17.5. The maximum Gasteiger partial charge on any atom is 0.225 e. The van der Waals surface area contributed by atoms with Crippen molar-refractivity contribution in [3.63, 3.8) is 0 Å². The molecule has 0 amide bonds. The highest BCUT2D eigenvalue weighted by Crippen LogP contribution is 2.22. The lowest BCUT2D eigenvalue weighted by molar-refractivity contribution is 0.0987. The lowest BCUT2D eigenvalue weighted by Gasteiger charge is -2.35. The fourth-order valence-corrected chi connectivity index (χ4v) is 3.86. The number of fused-ring (bicyclic) bond motifs is 1. The minimum absolute atomic E-state index is 0.0717. The van der Waals surface area contributed by atoms with Crippen molar-refractivity contribution in [1.82, 2.24) is 24.8 Å². The van der Waals surface area contributed by atoms with Gasteiger partial charge in [-0.25, -0.2) is 19.9 Å². The summed E-state index contributed by atoms with van der Waals surface area (Å²) >= 11 is 0. The Morgan fingerprint density at radius 1 is 0.966 bits per heavy atom. The largest absolute Gasteiger partial charge is 0.337 e. The lowest BCUT2D eigenvalue weighted by Crippen LogP contribution is -2.48. The molecular weight excluding hydrogens is 366 g/mol. The molecule has 0 unspecified atom stereocenters. The van der Waals surface area contributed by atoms with Crippen LogP contribution >= 0.6 is 0 Å². The molecule has 29 heavy (non-hydrogen) atoms. The van der Waals surface area contributed by atoms with Crippen LogP contribution in [0.25, 0.3) is 0 Å². The summed E-state index contributed by atoms with van der Waals surface area (Å²) in [6, 6.07) is 0.548. The summed E-state index contributed by atoms with van der Waals surface area (Å²) in [6.45, 7) is 11.6. The summed E-state index contributed by atoms with van der Waals surface area (Å²) in [5.41, 5.74) is 3.02. The third-order valence-corrected chi connectivity index (χ3v) is 5.81. The molecule has 2 aliphatic heterocycles. The van der Waals surface area contributed by atoms with E-state index in [9.17, 15) is 4.79 Å². The van der Waals surface area contributed by atoms with Crippen LogP contribution in [0.4, 0.5) is 11.9 Å². The smallest absolute Gasteiger partial charge is 0.225 e. The van der Waals surface area contributed by atoms with Crippen molar-refractivity contribution in [2.75, 3.05) is 42.5 Å². The predicted octanol–water partition coefficient (Wildman–Crippen LogP) is 1.95. The minimum Gasteiger partial charge on any atom is -0.337 e. The van der Waals surface area contributed by atoms with Gasteiger partial charge in [0.1, 0.15) is 0 Å². The van der Waals surface area contributed by atoms with Crippen molar-refractivity contribution >= 4 is 17.7 Å². The molecule has 2 aliphatic rings. The molecule has 8 heteroatoms. The Bertz CT molecular complexity index is 860. The second-order valence-electron chi connectivity index (χ2n) is 7.98. The first kappa shape index (κ1) is 19.7. The van der Waals surface area contributed by atoms with E-state index < -0.39 is 0 Å². The first-order chi connectivity index (χ1) is 14.0. The number of Topliss-reactive ketones (excluding diaryl/α,β-unsaturated/α-hetero) is 1. The second kappa shape index (κ2) is 8.41. The molecule has 154 valence electrons. The van der Waals surface area contributed by atoms with Crippen LogP contribution in [0.5, 0.6) is 0 Å². The zero-order valence-electron chi connectivity index (χ0n) is 17.5. The molecule has 2 aromatic heterocycles. The number of piperazine rings is 1. The summed E-state index contributed by atoms with van der Waals surface area (Å²) < 4.78 is 0. The van der Waals surface area contributed by atoms with Crippen LogP contribution in [-0.4, -0.2) is 69.4 Å². The Morgan fingerprint density at radius 2 is 1.59 bits per heavy atom. The van der Waals surface area contributed by atoms with Crippen LogP contribution < -0.4 is 9.80 Å². The van der Waals surface area contributed by atoms with Crippen molar-refractivity contribution in [2.45, 2.75) is 46.2 Å². The first-order valence-corrected chi connectivity index (χ1v) is 10.5. The maximum absolute atomic E-state index is 11.7. The van der Waals surface area contributed by atoms with Gasteiger partial charge in [-0.1, -0.05) is 6.92 Å². The van der Waals surface area contributed by atoms with Gasteiger partial charge in [0, 0.05) is 82.3 Å². The Morgan fingerprint density at radius 3 is 2.21 bits per heavy atom. The fraction of sp³-hybridized carbons (Fsp3) is 0.571. The van der Waals surface area contributed by atoms with Crippen LogP contribution in [0.15, 0.2) is 18.6 Å². The standard InChI is InChI=1S/C21H29N7O/c1-4-19(29)16-11-22-20(23-12-16)26-7-9-27(10-8-26)21-24-13-17-14-28(15(2)3)6-5-18(17)25-21/h11-13,15H,4-10,14H2,1-3H3. The number of carbonyl (C=O) groups is 1. The van der Waals surface area contributed by atoms with Gasteiger partial charge in [-0.3, -0.25) is 9.69 Å². The Hall–Kier alpha value is -2.61. The van der Waals surface area contributed by atoms with Crippen LogP contribution in [0.3, 0.4) is 0 Å². The second-order valence-corrected chi connectivity index (χ2v) is 7.98. The number of hydrogen-bond acceptors (Lipinski definition) is 8. The van der Waals surface area contributed by atoms with E-state index >= 15 is 0 Å². The number of hydrogen-bond donors (Lipinski definition) is 0. The van der Waals surface area contributed by atoms with Crippen molar-refractivity contribution in [2.24, 2.45) is 0 Å².